The molecule has 0 saturated carbocycles. The van der Waals surface area contributed by atoms with Crippen molar-refractivity contribution >= 4 is 34.6 Å². The molecule has 0 aliphatic carbocycles. The zero-order chi connectivity index (χ0) is 20.4. The monoisotopic (exact) mass is 405 g/mol. The van der Waals surface area contributed by atoms with Gasteiger partial charge in [-0.15, -0.1) is 11.3 Å². The number of rotatable bonds is 10. The summed E-state index contributed by atoms with van der Waals surface area (Å²) < 4.78 is 15.7. The molecule has 1 heterocycles. The van der Waals surface area contributed by atoms with Gasteiger partial charge in [-0.3, -0.25) is 15.0 Å². The van der Waals surface area contributed by atoms with Crippen LogP contribution < -0.4 is 14.9 Å². The number of nitrogens with one attached hydrogen (secondary N) is 1. The van der Waals surface area contributed by atoms with Gasteiger partial charge in [-0.2, -0.15) is 5.10 Å². The van der Waals surface area contributed by atoms with Gasteiger partial charge < -0.3 is 14.2 Å². The highest BCUT2D eigenvalue weighted by Gasteiger charge is 2.10. The molecule has 9 heteroatoms. The fraction of sp³-hybridized carbons (Fsp3) is 0.368. The van der Waals surface area contributed by atoms with Crippen LogP contribution in [0, 0.1) is 0 Å². The van der Waals surface area contributed by atoms with Crippen molar-refractivity contribution < 1.29 is 23.8 Å². The average Bonchev–Trinajstić information content (AvgIpc) is 3.11. The van der Waals surface area contributed by atoms with E-state index in [4.69, 9.17) is 14.2 Å². The number of anilines is 1. The lowest BCUT2D eigenvalue weighted by atomic mass is 10.2. The Kier molecular flexibility index (Phi) is 8.41. The van der Waals surface area contributed by atoms with Crippen LogP contribution in [0.15, 0.2) is 28.7 Å². The van der Waals surface area contributed by atoms with Crippen molar-refractivity contribution in [3.8, 4) is 11.5 Å². The van der Waals surface area contributed by atoms with E-state index in [0.29, 0.717) is 35.5 Å². The number of hydrogen-bond donors (Lipinski definition) is 1. The second-order valence-corrected chi connectivity index (χ2v) is 6.32. The third-order valence-electron chi connectivity index (χ3n) is 3.34. The fourth-order valence-electron chi connectivity index (χ4n) is 2.11. The van der Waals surface area contributed by atoms with Crippen molar-refractivity contribution in [3.05, 3.63) is 34.8 Å². The lowest BCUT2D eigenvalue weighted by molar-refractivity contribution is -0.142. The van der Waals surface area contributed by atoms with Crippen LogP contribution in [0.4, 0.5) is 5.13 Å². The molecule has 150 valence electrons. The smallest absolute Gasteiger partial charge is 0.311 e. The largest absolute Gasteiger partial charge is 0.490 e. The highest BCUT2D eigenvalue weighted by atomic mass is 32.1. The van der Waals surface area contributed by atoms with Gasteiger partial charge in [0.2, 0.25) is 5.13 Å². The van der Waals surface area contributed by atoms with E-state index in [9.17, 15) is 9.59 Å². The molecule has 0 aliphatic heterocycles. The SMILES string of the molecule is CCOC(=O)Cc1csc(NN=Cc2ccc(OC(=O)CC)c(OCC)c2)n1. The van der Waals surface area contributed by atoms with Crippen molar-refractivity contribution in [3.63, 3.8) is 0 Å². The molecular formula is C19H23N3O5S. The molecule has 0 radical (unpaired) electrons. The zero-order valence-corrected chi connectivity index (χ0v) is 16.9. The van der Waals surface area contributed by atoms with Crippen LogP contribution in [0.1, 0.15) is 38.4 Å². The van der Waals surface area contributed by atoms with Crippen molar-refractivity contribution in [1.29, 1.82) is 0 Å². The van der Waals surface area contributed by atoms with Gasteiger partial charge in [0, 0.05) is 11.8 Å². The van der Waals surface area contributed by atoms with Gasteiger partial charge in [-0.05, 0) is 37.6 Å². The van der Waals surface area contributed by atoms with E-state index < -0.39 is 0 Å². The van der Waals surface area contributed by atoms with Gasteiger partial charge in [-0.25, -0.2) is 4.98 Å². The normalized spacial score (nSPS) is 10.7. The van der Waals surface area contributed by atoms with Crippen LogP contribution in [0.5, 0.6) is 11.5 Å². The molecular weight excluding hydrogens is 382 g/mol. The van der Waals surface area contributed by atoms with Crippen LogP contribution in [-0.2, 0) is 20.7 Å². The number of ether oxygens (including phenoxy) is 3. The number of carbonyl (C=O) groups excluding carboxylic acids is 2. The first kappa shape index (κ1) is 21.4. The number of esters is 2. The summed E-state index contributed by atoms with van der Waals surface area (Å²) in [5, 5.41) is 6.48. The van der Waals surface area contributed by atoms with Crippen molar-refractivity contribution in [1.82, 2.24) is 4.98 Å². The first-order valence-electron chi connectivity index (χ1n) is 8.92. The molecule has 0 saturated heterocycles. The van der Waals surface area contributed by atoms with Crippen LogP contribution >= 0.6 is 11.3 Å². The number of nitrogens with zero attached hydrogens (tertiary/aromatic N) is 2. The van der Waals surface area contributed by atoms with Gasteiger partial charge in [0.15, 0.2) is 11.5 Å². The third-order valence-corrected chi connectivity index (χ3v) is 4.13. The van der Waals surface area contributed by atoms with Crippen LogP contribution in [0.25, 0.3) is 0 Å². The summed E-state index contributed by atoms with van der Waals surface area (Å²) >= 11 is 1.34. The maximum absolute atomic E-state index is 11.5. The molecule has 28 heavy (non-hydrogen) atoms. The summed E-state index contributed by atoms with van der Waals surface area (Å²) in [5.74, 6) is 0.211. The Morgan fingerprint density at radius 3 is 2.71 bits per heavy atom. The van der Waals surface area contributed by atoms with Crippen molar-refractivity contribution in [2.75, 3.05) is 18.6 Å². The van der Waals surface area contributed by atoms with Crippen molar-refractivity contribution in [2.24, 2.45) is 5.10 Å². The second kappa shape index (κ2) is 11.0. The number of thiazole rings is 1. The van der Waals surface area contributed by atoms with E-state index in [1.807, 2.05) is 6.92 Å². The van der Waals surface area contributed by atoms with Crippen LogP contribution in [0.2, 0.25) is 0 Å². The van der Waals surface area contributed by atoms with Gasteiger partial charge in [0.25, 0.3) is 0 Å². The Morgan fingerprint density at radius 2 is 2.00 bits per heavy atom. The maximum atomic E-state index is 11.5. The number of hydrogen-bond acceptors (Lipinski definition) is 9. The summed E-state index contributed by atoms with van der Waals surface area (Å²) in [7, 11) is 0. The summed E-state index contributed by atoms with van der Waals surface area (Å²) in [6.07, 6.45) is 2.01. The average molecular weight is 405 g/mol. The number of aromatic nitrogens is 1. The molecule has 2 rings (SSSR count). The Labute approximate surface area is 167 Å². The molecule has 1 aromatic carbocycles. The Bertz CT molecular complexity index is 835. The standard InChI is InChI=1S/C19H23N3O5S/c1-4-17(23)27-15-8-7-13(9-16(15)25-5-2)11-20-22-19-21-14(12-28-19)10-18(24)26-6-3/h7-9,11-12H,4-6,10H2,1-3H3,(H,21,22). The Balaban J connectivity index is 2.00. The van der Waals surface area contributed by atoms with Crippen molar-refractivity contribution in [2.45, 2.75) is 33.6 Å². The third kappa shape index (κ3) is 6.66. The molecule has 0 spiro atoms. The van der Waals surface area contributed by atoms with E-state index in [2.05, 4.69) is 15.5 Å². The van der Waals surface area contributed by atoms with Gasteiger partial charge in [0.05, 0.1) is 31.5 Å². The van der Waals surface area contributed by atoms with Gasteiger partial charge in [0.1, 0.15) is 0 Å². The van der Waals surface area contributed by atoms with E-state index >= 15 is 0 Å². The minimum Gasteiger partial charge on any atom is -0.490 e. The summed E-state index contributed by atoms with van der Waals surface area (Å²) in [5.41, 5.74) is 4.21. The zero-order valence-electron chi connectivity index (χ0n) is 16.1. The molecule has 0 amide bonds. The fourth-order valence-corrected chi connectivity index (χ4v) is 2.77. The van der Waals surface area contributed by atoms with Crippen LogP contribution in [-0.4, -0.2) is 36.4 Å². The molecule has 2 aromatic rings. The minimum absolute atomic E-state index is 0.130. The van der Waals surface area contributed by atoms with Gasteiger partial charge in [-0.1, -0.05) is 6.92 Å². The minimum atomic E-state index is -0.327. The first-order chi connectivity index (χ1) is 13.5. The molecule has 0 bridgehead atoms. The van der Waals surface area contributed by atoms with E-state index in [1.165, 1.54) is 11.3 Å². The predicted molar refractivity (Wildman–Crippen MR) is 107 cm³/mol. The number of benzene rings is 1. The Hall–Kier alpha value is -2.94. The summed E-state index contributed by atoms with van der Waals surface area (Å²) in [6, 6.07) is 5.17. The highest BCUT2D eigenvalue weighted by molar-refractivity contribution is 7.13. The van der Waals surface area contributed by atoms with Crippen LogP contribution in [0.3, 0.4) is 0 Å². The molecule has 0 aliphatic rings. The lowest BCUT2D eigenvalue weighted by Crippen LogP contribution is -2.07. The molecule has 8 nitrogen and oxygen atoms in total. The van der Waals surface area contributed by atoms with Gasteiger partial charge >= 0.3 is 11.9 Å². The summed E-state index contributed by atoms with van der Waals surface area (Å²) in [4.78, 5) is 27.3. The Morgan fingerprint density at radius 1 is 1.18 bits per heavy atom. The topological polar surface area (TPSA) is 99.1 Å². The first-order valence-corrected chi connectivity index (χ1v) is 9.80. The molecule has 1 aromatic heterocycles. The molecule has 0 unspecified atom stereocenters. The number of carbonyl (C=O) groups is 2. The highest BCUT2D eigenvalue weighted by Crippen LogP contribution is 2.28. The van der Waals surface area contributed by atoms with E-state index in [1.54, 1.807) is 43.6 Å². The maximum Gasteiger partial charge on any atom is 0.311 e. The summed E-state index contributed by atoms with van der Waals surface area (Å²) in [6.45, 7) is 6.13. The predicted octanol–water partition coefficient (Wildman–Crippen LogP) is 3.41. The second-order valence-electron chi connectivity index (χ2n) is 5.46. The molecule has 0 atom stereocenters. The van der Waals surface area contributed by atoms with E-state index in [-0.39, 0.29) is 24.8 Å². The molecule has 1 N–H and O–H groups in total. The quantitative estimate of drug-likeness (QED) is 0.280. The molecule has 0 fully saturated rings. The number of hydrazone groups is 1. The van der Waals surface area contributed by atoms with E-state index in [0.717, 1.165) is 5.56 Å². The lowest BCUT2D eigenvalue weighted by Gasteiger charge is -2.10.